The molecule has 6 rings (SSSR count). The van der Waals surface area contributed by atoms with Crippen LogP contribution in [0.25, 0.3) is 11.3 Å². The molecule has 4 fully saturated rings. The van der Waals surface area contributed by atoms with Crippen LogP contribution in [-0.4, -0.2) is 5.54 Å². The quantitative estimate of drug-likeness (QED) is 0.588. The van der Waals surface area contributed by atoms with E-state index in [0.29, 0.717) is 20.9 Å². The smallest absolute Gasteiger partial charge is 0.134 e. The minimum absolute atomic E-state index is 0.287. The predicted molar refractivity (Wildman–Crippen MR) is 111 cm³/mol. The third kappa shape index (κ3) is 3.34. The van der Waals surface area contributed by atoms with Crippen molar-refractivity contribution in [3.63, 3.8) is 0 Å². The summed E-state index contributed by atoms with van der Waals surface area (Å²) in [6.07, 6.45) is 8.20. The largest absolute Gasteiger partial charge is 0.460 e. The van der Waals surface area contributed by atoms with E-state index in [-0.39, 0.29) is 5.54 Å². The third-order valence-corrected chi connectivity index (χ3v) is 7.51. The summed E-state index contributed by atoms with van der Waals surface area (Å²) in [7, 11) is 0. The Morgan fingerprint density at radius 1 is 0.963 bits per heavy atom. The molecule has 0 saturated heterocycles. The van der Waals surface area contributed by atoms with Crippen molar-refractivity contribution in [2.24, 2.45) is 16.7 Å². The molecule has 1 aromatic heterocycles. The van der Waals surface area contributed by atoms with Crippen molar-refractivity contribution in [1.82, 2.24) is 5.32 Å². The van der Waals surface area contributed by atoms with Gasteiger partial charge >= 0.3 is 0 Å². The van der Waals surface area contributed by atoms with Crippen LogP contribution >= 0.6 is 23.2 Å². The first-order valence-corrected chi connectivity index (χ1v) is 10.8. The molecular weight excluding hydrogens is 377 g/mol. The Labute approximate surface area is 171 Å². The summed E-state index contributed by atoms with van der Waals surface area (Å²) in [6.45, 7) is 5.81. The molecule has 0 amide bonds. The van der Waals surface area contributed by atoms with E-state index in [0.717, 1.165) is 29.5 Å². The van der Waals surface area contributed by atoms with Crippen LogP contribution in [0.3, 0.4) is 0 Å². The van der Waals surface area contributed by atoms with E-state index in [1.54, 1.807) is 6.07 Å². The molecule has 4 saturated carbocycles. The number of halogens is 2. The lowest BCUT2D eigenvalue weighted by Gasteiger charge is -2.65. The Bertz CT molecular complexity index is 850. The molecule has 4 bridgehead atoms. The van der Waals surface area contributed by atoms with Gasteiger partial charge in [-0.2, -0.15) is 0 Å². The van der Waals surface area contributed by atoms with Crippen molar-refractivity contribution >= 4 is 23.2 Å². The lowest BCUT2D eigenvalue weighted by Crippen LogP contribution is -2.63. The number of nitrogens with one attached hydrogen (secondary N) is 1. The highest BCUT2D eigenvalue weighted by atomic mass is 35.5. The third-order valence-electron chi connectivity index (χ3n) is 7.07. The molecule has 4 aliphatic rings. The molecule has 4 aliphatic carbocycles. The molecule has 4 heteroatoms. The fourth-order valence-corrected chi connectivity index (χ4v) is 7.77. The van der Waals surface area contributed by atoms with Gasteiger partial charge in [0.1, 0.15) is 11.5 Å². The highest BCUT2D eigenvalue weighted by molar-refractivity contribution is 6.35. The molecule has 2 unspecified atom stereocenters. The molecule has 2 aromatic rings. The number of furan rings is 1. The zero-order chi connectivity index (χ0) is 18.9. The second-order valence-electron chi connectivity index (χ2n) is 10.2. The summed E-state index contributed by atoms with van der Waals surface area (Å²) >= 11 is 12.3. The maximum Gasteiger partial charge on any atom is 0.134 e. The highest BCUT2D eigenvalue weighted by Crippen LogP contribution is 2.66. The van der Waals surface area contributed by atoms with Crippen LogP contribution in [0.2, 0.25) is 10.0 Å². The Morgan fingerprint density at radius 2 is 1.63 bits per heavy atom. The Hall–Kier alpha value is -0.960. The van der Waals surface area contributed by atoms with Gasteiger partial charge in [-0.15, -0.1) is 0 Å². The molecule has 144 valence electrons. The van der Waals surface area contributed by atoms with Gasteiger partial charge in [0, 0.05) is 21.1 Å². The van der Waals surface area contributed by atoms with Gasteiger partial charge < -0.3 is 9.73 Å². The molecule has 1 heterocycles. The number of rotatable bonds is 4. The lowest BCUT2D eigenvalue weighted by atomic mass is 9.43. The highest BCUT2D eigenvalue weighted by Gasteiger charge is 2.59. The van der Waals surface area contributed by atoms with Crippen molar-refractivity contribution in [2.45, 2.75) is 64.5 Å². The van der Waals surface area contributed by atoms with E-state index >= 15 is 0 Å². The predicted octanol–water partition coefficient (Wildman–Crippen LogP) is 7.09. The number of benzene rings is 1. The molecule has 2 atom stereocenters. The molecule has 0 aliphatic heterocycles. The van der Waals surface area contributed by atoms with Crippen molar-refractivity contribution < 1.29 is 4.42 Å². The normalized spacial score (nSPS) is 37.1. The fourth-order valence-electron chi connectivity index (χ4n) is 7.24. The maximum absolute atomic E-state index is 6.13. The van der Waals surface area contributed by atoms with Gasteiger partial charge in [0.25, 0.3) is 0 Å². The lowest BCUT2D eigenvalue weighted by molar-refractivity contribution is -0.118. The standard InChI is InChI=1S/C23H27Cl2NO/c1-21-8-15-9-22(2,12-21)14-23(10-15,13-21)26-11-19-3-4-20(27-19)16-5-17(24)7-18(25)6-16/h3-7,15,26H,8-14H2,1-2H3. The summed E-state index contributed by atoms with van der Waals surface area (Å²) in [6, 6.07) is 9.61. The molecule has 1 aromatic carbocycles. The molecule has 27 heavy (non-hydrogen) atoms. The van der Waals surface area contributed by atoms with Crippen LogP contribution in [0, 0.1) is 16.7 Å². The van der Waals surface area contributed by atoms with E-state index < -0.39 is 0 Å². The summed E-state index contributed by atoms with van der Waals surface area (Å²) < 4.78 is 6.11. The zero-order valence-electron chi connectivity index (χ0n) is 16.1. The van der Waals surface area contributed by atoms with Crippen molar-refractivity contribution in [1.29, 1.82) is 0 Å². The average Bonchev–Trinajstić information content (AvgIpc) is 2.97. The fraction of sp³-hybridized carbons (Fsp3) is 0.565. The van der Waals surface area contributed by atoms with Gasteiger partial charge in [0.15, 0.2) is 0 Å². The second-order valence-corrected chi connectivity index (χ2v) is 11.1. The molecule has 2 nitrogen and oxygen atoms in total. The van der Waals surface area contributed by atoms with Gasteiger partial charge in [-0.05, 0) is 85.6 Å². The van der Waals surface area contributed by atoms with Gasteiger partial charge in [-0.1, -0.05) is 37.0 Å². The van der Waals surface area contributed by atoms with E-state index in [1.807, 2.05) is 18.2 Å². The molecule has 1 N–H and O–H groups in total. The van der Waals surface area contributed by atoms with E-state index in [9.17, 15) is 0 Å². The first-order valence-electron chi connectivity index (χ1n) is 10.0. The summed E-state index contributed by atoms with van der Waals surface area (Å²) in [5, 5.41) is 5.19. The van der Waals surface area contributed by atoms with E-state index in [1.165, 1.54) is 38.5 Å². The summed E-state index contributed by atoms with van der Waals surface area (Å²) in [5.74, 6) is 2.69. The van der Waals surface area contributed by atoms with Crippen molar-refractivity contribution in [3.05, 3.63) is 46.1 Å². The summed E-state index contributed by atoms with van der Waals surface area (Å²) in [4.78, 5) is 0. The maximum atomic E-state index is 6.13. The second kappa shape index (κ2) is 6.02. The van der Waals surface area contributed by atoms with Crippen molar-refractivity contribution in [3.8, 4) is 11.3 Å². The van der Waals surface area contributed by atoms with Crippen LogP contribution in [-0.2, 0) is 6.54 Å². The molecule has 0 spiro atoms. The van der Waals surface area contributed by atoms with Gasteiger partial charge in [0.05, 0.1) is 6.54 Å². The monoisotopic (exact) mass is 403 g/mol. The van der Waals surface area contributed by atoms with Crippen molar-refractivity contribution in [2.75, 3.05) is 0 Å². The van der Waals surface area contributed by atoms with E-state index in [2.05, 4.69) is 25.2 Å². The van der Waals surface area contributed by atoms with Gasteiger partial charge in [0.2, 0.25) is 0 Å². The SMILES string of the molecule is CC12CC3CC(C)(C1)CC(NCc1ccc(-c4cc(Cl)cc(Cl)c4)o1)(C3)C2. The Kier molecular flexibility index (Phi) is 4.03. The average molecular weight is 404 g/mol. The Morgan fingerprint density at radius 3 is 2.26 bits per heavy atom. The number of hydrogen-bond acceptors (Lipinski definition) is 2. The van der Waals surface area contributed by atoms with Gasteiger partial charge in [-0.25, -0.2) is 0 Å². The van der Waals surface area contributed by atoms with E-state index in [4.69, 9.17) is 27.6 Å². The minimum Gasteiger partial charge on any atom is -0.460 e. The molecule has 0 radical (unpaired) electrons. The molecular formula is C23H27Cl2NO. The van der Waals surface area contributed by atoms with Crippen LogP contribution < -0.4 is 5.32 Å². The van der Waals surface area contributed by atoms with Gasteiger partial charge in [-0.3, -0.25) is 0 Å². The minimum atomic E-state index is 0.287. The van der Waals surface area contributed by atoms with Crippen LogP contribution in [0.15, 0.2) is 34.7 Å². The first-order chi connectivity index (χ1) is 12.7. The summed E-state index contributed by atoms with van der Waals surface area (Å²) in [5.41, 5.74) is 2.25. The van der Waals surface area contributed by atoms with Crippen LogP contribution in [0.4, 0.5) is 0 Å². The van der Waals surface area contributed by atoms with Crippen LogP contribution in [0.1, 0.15) is 58.1 Å². The topological polar surface area (TPSA) is 25.2 Å². The van der Waals surface area contributed by atoms with Crippen LogP contribution in [0.5, 0.6) is 0 Å². The zero-order valence-corrected chi connectivity index (χ0v) is 17.6. The number of hydrogen-bond donors (Lipinski definition) is 1. The first kappa shape index (κ1) is 18.1. The Balaban J connectivity index is 1.33.